The maximum absolute atomic E-state index is 12.5. The van der Waals surface area contributed by atoms with Gasteiger partial charge in [0, 0.05) is 24.7 Å². The second-order valence-corrected chi connectivity index (χ2v) is 16.9. The van der Waals surface area contributed by atoms with Gasteiger partial charge in [0.15, 0.2) is 23.7 Å². The van der Waals surface area contributed by atoms with E-state index in [-0.39, 0.29) is 28.3 Å². The smallest absolute Gasteiger partial charge is 0.508 e. The molecular formula is C26H33N10O18P3-2. The van der Waals surface area contributed by atoms with Crippen LogP contribution in [0.1, 0.15) is 25.3 Å². The molecule has 0 radical (unpaired) electrons. The van der Waals surface area contributed by atoms with Gasteiger partial charge in [0.1, 0.15) is 48.7 Å². The number of anilines is 2. The number of terminal acetylenes is 1. The first-order valence-corrected chi connectivity index (χ1v) is 20.7. The van der Waals surface area contributed by atoms with Gasteiger partial charge in [-0.25, -0.2) is 24.1 Å². The zero-order valence-electron chi connectivity index (χ0n) is 29.0. The van der Waals surface area contributed by atoms with E-state index < -0.39 is 104 Å². The van der Waals surface area contributed by atoms with Crippen LogP contribution in [0.3, 0.4) is 0 Å². The molecule has 2 saturated heterocycles. The number of nitrogens with zero attached hydrogens (tertiary/aromatic N) is 8. The lowest BCUT2D eigenvalue weighted by Gasteiger charge is -2.32. The summed E-state index contributed by atoms with van der Waals surface area (Å²) < 4.78 is 44.1. The van der Waals surface area contributed by atoms with E-state index in [1.807, 2.05) is 0 Å². The van der Waals surface area contributed by atoms with Crippen molar-refractivity contribution in [1.82, 2.24) is 34.1 Å². The number of phosphoric acid groups is 3. The van der Waals surface area contributed by atoms with Crippen molar-refractivity contribution < 1.29 is 91.4 Å². The molecule has 9 N–H and O–H groups in total. The Balaban J connectivity index is 1.03. The van der Waals surface area contributed by atoms with Gasteiger partial charge in [-0.05, 0) is 10.7 Å². The summed E-state index contributed by atoms with van der Waals surface area (Å²) in [4.78, 5) is 76.8. The van der Waals surface area contributed by atoms with Crippen LogP contribution in [0, 0.1) is 12.3 Å². The van der Waals surface area contributed by atoms with E-state index in [1.165, 1.54) is 17.9 Å². The Hall–Kier alpha value is -3.65. The van der Waals surface area contributed by atoms with Crippen LogP contribution >= 0.6 is 24.2 Å². The highest BCUT2D eigenvalue weighted by molar-refractivity contribution is 7.70. The molecule has 0 amide bonds. The quantitative estimate of drug-likeness (QED) is 0.0225. The zero-order chi connectivity index (χ0) is 41.6. The lowest BCUT2D eigenvalue weighted by atomic mass is 10.1. The summed E-state index contributed by atoms with van der Waals surface area (Å²) in [5.41, 5.74) is 5.04. The van der Waals surface area contributed by atoms with E-state index in [1.54, 1.807) is 0 Å². The van der Waals surface area contributed by atoms with Crippen LogP contribution in [-0.2, 0) is 38.8 Å². The van der Waals surface area contributed by atoms with Crippen LogP contribution in [-0.4, -0.2) is 121 Å². The van der Waals surface area contributed by atoms with Crippen molar-refractivity contribution in [2.45, 2.75) is 61.9 Å². The Morgan fingerprint density at radius 3 is 2.47 bits per heavy atom. The maximum atomic E-state index is 12.5. The van der Waals surface area contributed by atoms with Gasteiger partial charge >= 0.3 is 21.6 Å². The molecule has 0 saturated carbocycles. The predicted molar refractivity (Wildman–Crippen MR) is 176 cm³/mol. The largest absolute Gasteiger partial charge is 0.857 e. The first-order chi connectivity index (χ1) is 26.7. The molecular weight excluding hydrogens is 833 g/mol. The van der Waals surface area contributed by atoms with Crippen LogP contribution in [0.15, 0.2) is 12.7 Å². The van der Waals surface area contributed by atoms with Crippen molar-refractivity contribution in [2.24, 2.45) is 7.05 Å². The van der Waals surface area contributed by atoms with E-state index >= 15 is 0 Å². The van der Waals surface area contributed by atoms with Gasteiger partial charge in [0.05, 0.1) is 20.0 Å². The summed E-state index contributed by atoms with van der Waals surface area (Å²) in [7, 11) is -16.4. The first-order valence-electron chi connectivity index (χ1n) is 16.2. The lowest BCUT2D eigenvalue weighted by Crippen LogP contribution is -2.46. The fourth-order valence-corrected chi connectivity index (χ4v) is 9.26. The van der Waals surface area contributed by atoms with Crippen LogP contribution in [0.2, 0.25) is 0 Å². The molecule has 4 aromatic rings. The van der Waals surface area contributed by atoms with E-state index in [4.69, 9.17) is 21.6 Å². The number of nitrogen functional groups attached to an aromatic ring is 1. The highest BCUT2D eigenvalue weighted by Crippen LogP contribution is 2.69. The Bertz CT molecular complexity index is 2190. The van der Waals surface area contributed by atoms with Crippen molar-refractivity contribution in [2.75, 3.05) is 30.8 Å². The molecule has 2 aliphatic rings. The SMILES string of the molecule is C#CCCCNc1nc([O-])c2ncn([C@@H]3O[C@H](CO[P+]([O-])(O)O[P+]([O-])([O-])OP(=O)(O)OC[C@H]4O[C@@H]([n+]5cn(C)c6c([O-])nc(N)nc65)[C@H](O)[C@@H]4O)[C@@H](O)[C@H]3O)c2n1. The number of aromatic nitrogens is 8. The number of fused-ring (bicyclic) bond motifs is 2. The standard InChI is InChI=1S/C26H35N10O18P3/c1-3-4-5-6-28-26-31-19-13(21(41)33-26)29-9-35(19)23-17(39)15(37)11(51-23)7-49-55(43,44)53-57(47,48)54-56(45,46)50-8-12-16(38)18(40)24(52-12)36-10-34(2)14-20(36)30-25(27)32-22(14)42/h1,9-12,15-18,23-24,37-40H,4-8H2,2H3,(H7-,27,28,30,31,32,33,41,42,43,44,45,46,47,48)/p-2/t11-,12-,15-,16-,17-,18-,23-,24-/m1/s1. The minimum absolute atomic E-state index is 0.0541. The normalized spacial score (nSPS) is 27.5. The summed E-state index contributed by atoms with van der Waals surface area (Å²) in [5, 5.41) is 70.0. The van der Waals surface area contributed by atoms with Gasteiger partial charge < -0.3 is 70.7 Å². The van der Waals surface area contributed by atoms with Crippen LogP contribution < -0.4 is 40.5 Å². The minimum atomic E-state index is -6.27. The zero-order valence-corrected chi connectivity index (χ0v) is 31.6. The number of aryl methyl sites for hydroxylation is 1. The number of nitrogens with one attached hydrogen (secondary N) is 1. The third-order valence-corrected chi connectivity index (χ3v) is 12.6. The number of aliphatic hydroxyl groups is 4. The van der Waals surface area contributed by atoms with Crippen molar-refractivity contribution in [3.05, 3.63) is 12.7 Å². The number of hydrogen-bond acceptors (Lipinski definition) is 24. The molecule has 31 heteroatoms. The van der Waals surface area contributed by atoms with Crippen LogP contribution in [0.4, 0.5) is 11.9 Å². The number of nitrogens with two attached hydrogens (primary N) is 1. The van der Waals surface area contributed by atoms with Gasteiger partial charge in [-0.2, -0.15) is 14.4 Å². The van der Waals surface area contributed by atoms with Gasteiger partial charge in [-0.1, -0.05) is 4.98 Å². The Morgan fingerprint density at radius 2 is 1.75 bits per heavy atom. The second-order valence-electron chi connectivity index (χ2n) is 12.3. The molecule has 312 valence electrons. The van der Waals surface area contributed by atoms with E-state index in [9.17, 15) is 59.7 Å². The van der Waals surface area contributed by atoms with Gasteiger partial charge in [0.25, 0.3) is 14.1 Å². The van der Waals surface area contributed by atoms with E-state index in [0.717, 1.165) is 15.5 Å². The van der Waals surface area contributed by atoms with Gasteiger partial charge in [-0.15, -0.1) is 16.7 Å². The third kappa shape index (κ3) is 9.32. The predicted octanol–water partition coefficient (Wildman–Crippen LogP) is -6.52. The first kappa shape index (κ1) is 42.9. The van der Waals surface area contributed by atoms with Gasteiger partial charge in [-0.3, -0.25) is 13.7 Å². The molecule has 0 aromatic carbocycles. The molecule has 2 fully saturated rings. The number of rotatable bonds is 16. The van der Waals surface area contributed by atoms with E-state index in [2.05, 4.69) is 53.8 Å². The van der Waals surface area contributed by atoms with Crippen molar-refractivity contribution in [1.29, 1.82) is 0 Å². The number of unbranched alkanes of at least 4 members (excludes halogenated alkanes) is 1. The lowest BCUT2D eigenvalue weighted by molar-refractivity contribution is -0.745. The summed E-state index contributed by atoms with van der Waals surface area (Å²) >= 11 is 0. The van der Waals surface area contributed by atoms with Crippen molar-refractivity contribution in [3.63, 3.8) is 0 Å². The highest BCUT2D eigenvalue weighted by Gasteiger charge is 2.51. The fraction of sp³-hybridized carbons (Fsp3) is 0.538. The summed E-state index contributed by atoms with van der Waals surface area (Å²) in [6.45, 7) is -1.94. The highest BCUT2D eigenvalue weighted by atomic mass is 31.3. The van der Waals surface area contributed by atoms with Crippen molar-refractivity contribution in [3.8, 4) is 24.1 Å². The minimum Gasteiger partial charge on any atom is -0.857 e. The number of aliphatic hydroxyl groups excluding tert-OH is 4. The Kier molecular flexibility index (Phi) is 12.5. The van der Waals surface area contributed by atoms with Gasteiger partial charge in [0.2, 0.25) is 12.2 Å². The summed E-state index contributed by atoms with van der Waals surface area (Å²) in [6, 6.07) is 0. The van der Waals surface area contributed by atoms with Crippen LogP contribution in [0.5, 0.6) is 11.8 Å². The molecule has 0 aliphatic carbocycles. The number of imidazole rings is 2. The average Bonchev–Trinajstić information content (AvgIpc) is 3.83. The topological polar surface area (TPSA) is 425 Å². The van der Waals surface area contributed by atoms with E-state index in [0.29, 0.717) is 19.4 Å². The molecule has 2 unspecified atom stereocenters. The fourth-order valence-electron chi connectivity index (χ4n) is 5.80. The third-order valence-electron chi connectivity index (χ3n) is 8.35. The molecule has 57 heavy (non-hydrogen) atoms. The van der Waals surface area contributed by atoms with Crippen molar-refractivity contribution >= 4 is 58.4 Å². The molecule has 28 nitrogen and oxygen atoms in total. The molecule has 4 aromatic heterocycles. The maximum Gasteiger partial charge on any atom is 0.508 e. The molecule has 0 bridgehead atoms. The summed E-state index contributed by atoms with van der Waals surface area (Å²) in [6.07, 6.45) is -5.07. The monoisotopic (exact) mass is 866 g/mol. The average molecular weight is 867 g/mol. The van der Waals surface area contributed by atoms with Crippen LogP contribution in [0.25, 0.3) is 22.3 Å². The number of phosphoric ester groups is 2. The molecule has 2 aliphatic heterocycles. The molecule has 10 atom stereocenters. The number of ether oxygens (including phenoxy) is 2. The molecule has 6 rings (SSSR count). The molecule has 0 spiro atoms. The molecule has 6 heterocycles. The summed E-state index contributed by atoms with van der Waals surface area (Å²) in [5.74, 6) is 0.378. The Morgan fingerprint density at radius 1 is 1.05 bits per heavy atom. The Labute approximate surface area is 320 Å². The number of hydrogen-bond donors (Lipinski definition) is 8. The second kappa shape index (κ2) is 16.5.